The topological polar surface area (TPSA) is 12.0 Å². The summed E-state index contributed by atoms with van der Waals surface area (Å²) in [5.74, 6) is -0.279. The summed E-state index contributed by atoms with van der Waals surface area (Å²) in [6, 6.07) is 8.56. The van der Waals surface area contributed by atoms with Crippen molar-refractivity contribution in [3.63, 3.8) is 0 Å². The largest absolute Gasteiger partial charge is 0.381 e. The summed E-state index contributed by atoms with van der Waals surface area (Å²) in [6.07, 6.45) is 0. The minimum absolute atomic E-state index is 0.279. The Bertz CT molecular complexity index is 596. The van der Waals surface area contributed by atoms with Gasteiger partial charge in [0.2, 0.25) is 0 Å². The Morgan fingerprint density at radius 2 is 1.84 bits per heavy atom. The Balaban J connectivity index is 2.22. The van der Waals surface area contributed by atoms with Crippen LogP contribution in [-0.4, -0.2) is 0 Å². The van der Waals surface area contributed by atoms with E-state index in [2.05, 4.69) is 21.2 Å². The van der Waals surface area contributed by atoms with Crippen LogP contribution < -0.4 is 5.32 Å². The highest BCUT2D eigenvalue weighted by Crippen LogP contribution is 2.28. The SMILES string of the molecule is Cc1cc(F)c(Br)cc1NCc1c(Cl)cccc1Cl. The molecule has 0 aliphatic heterocycles. The Morgan fingerprint density at radius 1 is 1.21 bits per heavy atom. The van der Waals surface area contributed by atoms with Crippen LogP contribution in [0.2, 0.25) is 10.0 Å². The Kier molecular flexibility index (Phi) is 4.71. The Hall–Kier alpha value is -0.770. The van der Waals surface area contributed by atoms with Crippen LogP contribution in [0.25, 0.3) is 0 Å². The molecule has 0 heterocycles. The zero-order valence-corrected chi connectivity index (χ0v) is 13.2. The van der Waals surface area contributed by atoms with E-state index in [9.17, 15) is 4.39 Å². The molecular weight excluding hydrogens is 352 g/mol. The van der Waals surface area contributed by atoms with Crippen LogP contribution in [-0.2, 0) is 6.54 Å². The van der Waals surface area contributed by atoms with E-state index < -0.39 is 0 Å². The molecule has 2 aromatic carbocycles. The highest BCUT2D eigenvalue weighted by molar-refractivity contribution is 9.10. The lowest BCUT2D eigenvalue weighted by molar-refractivity contribution is 0.620. The molecule has 2 rings (SSSR count). The lowest BCUT2D eigenvalue weighted by Crippen LogP contribution is -2.03. The first-order valence-electron chi connectivity index (χ1n) is 5.61. The number of benzene rings is 2. The van der Waals surface area contributed by atoms with Gasteiger partial charge < -0.3 is 5.32 Å². The summed E-state index contributed by atoms with van der Waals surface area (Å²) in [5, 5.41) is 4.43. The molecule has 0 unspecified atom stereocenters. The van der Waals surface area contributed by atoms with E-state index in [-0.39, 0.29) is 5.82 Å². The van der Waals surface area contributed by atoms with Crippen LogP contribution in [0.1, 0.15) is 11.1 Å². The molecule has 0 fully saturated rings. The van der Waals surface area contributed by atoms with Gasteiger partial charge in [0, 0.05) is 27.8 Å². The third-order valence-corrected chi connectivity index (χ3v) is 4.10. The molecule has 19 heavy (non-hydrogen) atoms. The highest BCUT2D eigenvalue weighted by atomic mass is 79.9. The molecule has 0 bridgehead atoms. The minimum Gasteiger partial charge on any atom is -0.381 e. The van der Waals surface area contributed by atoms with E-state index in [1.54, 1.807) is 24.3 Å². The second kappa shape index (κ2) is 6.12. The average molecular weight is 363 g/mol. The van der Waals surface area contributed by atoms with Gasteiger partial charge in [-0.1, -0.05) is 29.3 Å². The first kappa shape index (κ1) is 14.6. The molecule has 2 aromatic rings. The first-order chi connectivity index (χ1) is 8.99. The van der Waals surface area contributed by atoms with Crippen LogP contribution in [0.4, 0.5) is 10.1 Å². The third kappa shape index (κ3) is 3.41. The number of anilines is 1. The van der Waals surface area contributed by atoms with E-state index in [0.29, 0.717) is 21.1 Å². The number of hydrogen-bond acceptors (Lipinski definition) is 1. The van der Waals surface area contributed by atoms with Crippen LogP contribution in [0, 0.1) is 12.7 Å². The van der Waals surface area contributed by atoms with Crippen LogP contribution in [0.15, 0.2) is 34.8 Å². The van der Waals surface area contributed by atoms with Gasteiger partial charge in [-0.2, -0.15) is 0 Å². The van der Waals surface area contributed by atoms with E-state index >= 15 is 0 Å². The Morgan fingerprint density at radius 3 is 2.47 bits per heavy atom. The zero-order chi connectivity index (χ0) is 14.0. The van der Waals surface area contributed by atoms with Crippen LogP contribution >= 0.6 is 39.1 Å². The molecule has 100 valence electrons. The smallest absolute Gasteiger partial charge is 0.137 e. The van der Waals surface area contributed by atoms with Gasteiger partial charge in [0.15, 0.2) is 0 Å². The number of aryl methyl sites for hydroxylation is 1. The molecule has 0 aliphatic carbocycles. The maximum Gasteiger partial charge on any atom is 0.137 e. The average Bonchev–Trinajstić information content (AvgIpc) is 2.34. The molecule has 0 saturated carbocycles. The number of nitrogens with one attached hydrogen (secondary N) is 1. The van der Waals surface area contributed by atoms with Crippen molar-refractivity contribution in [3.8, 4) is 0 Å². The van der Waals surface area contributed by atoms with Crippen molar-refractivity contribution in [2.45, 2.75) is 13.5 Å². The molecule has 1 nitrogen and oxygen atoms in total. The lowest BCUT2D eigenvalue weighted by Gasteiger charge is -2.12. The summed E-state index contributed by atoms with van der Waals surface area (Å²) in [7, 11) is 0. The maximum atomic E-state index is 13.3. The zero-order valence-electron chi connectivity index (χ0n) is 10.1. The molecule has 1 N–H and O–H groups in total. The number of rotatable bonds is 3. The molecule has 0 aromatic heterocycles. The summed E-state index contributed by atoms with van der Waals surface area (Å²) in [4.78, 5) is 0. The molecule has 0 spiro atoms. The minimum atomic E-state index is -0.279. The maximum absolute atomic E-state index is 13.3. The molecule has 0 aliphatic rings. The van der Waals surface area contributed by atoms with Crippen molar-refractivity contribution in [3.05, 3.63) is 61.8 Å². The molecular formula is C14H11BrCl2FN. The molecule has 0 radical (unpaired) electrons. The number of halogens is 4. The van der Waals surface area contributed by atoms with Gasteiger partial charge in [-0.15, -0.1) is 0 Å². The summed E-state index contributed by atoms with van der Waals surface area (Å²) in [5.41, 5.74) is 2.49. The second-order valence-electron chi connectivity index (χ2n) is 4.14. The summed E-state index contributed by atoms with van der Waals surface area (Å²) >= 11 is 15.4. The lowest BCUT2D eigenvalue weighted by atomic mass is 10.1. The second-order valence-corrected chi connectivity index (χ2v) is 5.80. The van der Waals surface area contributed by atoms with Gasteiger partial charge in [-0.25, -0.2) is 4.39 Å². The Labute approximate surface area is 129 Å². The fraction of sp³-hybridized carbons (Fsp3) is 0.143. The standard InChI is InChI=1S/C14H11BrCl2FN/c1-8-5-13(18)10(15)6-14(8)19-7-9-11(16)3-2-4-12(9)17/h2-6,19H,7H2,1H3. The molecule has 0 saturated heterocycles. The van der Waals surface area contributed by atoms with E-state index in [1.807, 2.05) is 6.92 Å². The molecule has 0 atom stereocenters. The number of hydrogen-bond donors (Lipinski definition) is 1. The van der Waals surface area contributed by atoms with Gasteiger partial charge in [0.05, 0.1) is 4.47 Å². The van der Waals surface area contributed by atoms with Crippen molar-refractivity contribution in [2.75, 3.05) is 5.32 Å². The fourth-order valence-electron chi connectivity index (χ4n) is 1.72. The summed E-state index contributed by atoms with van der Waals surface area (Å²) < 4.78 is 13.8. The van der Waals surface area contributed by atoms with Crippen molar-refractivity contribution >= 4 is 44.8 Å². The van der Waals surface area contributed by atoms with Crippen LogP contribution in [0.5, 0.6) is 0 Å². The van der Waals surface area contributed by atoms with Crippen molar-refractivity contribution in [1.82, 2.24) is 0 Å². The van der Waals surface area contributed by atoms with E-state index in [4.69, 9.17) is 23.2 Å². The van der Waals surface area contributed by atoms with Crippen molar-refractivity contribution < 1.29 is 4.39 Å². The normalized spacial score (nSPS) is 10.6. The molecule has 5 heteroatoms. The highest BCUT2D eigenvalue weighted by Gasteiger charge is 2.08. The first-order valence-corrected chi connectivity index (χ1v) is 7.16. The predicted molar refractivity (Wildman–Crippen MR) is 82.6 cm³/mol. The molecule has 0 amide bonds. The monoisotopic (exact) mass is 361 g/mol. The van der Waals surface area contributed by atoms with Crippen molar-refractivity contribution in [1.29, 1.82) is 0 Å². The van der Waals surface area contributed by atoms with Gasteiger partial charge >= 0.3 is 0 Å². The van der Waals surface area contributed by atoms with Gasteiger partial charge in [0.1, 0.15) is 5.82 Å². The summed E-state index contributed by atoms with van der Waals surface area (Å²) in [6.45, 7) is 2.32. The van der Waals surface area contributed by atoms with Gasteiger partial charge in [0.25, 0.3) is 0 Å². The van der Waals surface area contributed by atoms with Crippen LogP contribution in [0.3, 0.4) is 0 Å². The van der Waals surface area contributed by atoms with E-state index in [1.165, 1.54) is 6.07 Å². The predicted octanol–water partition coefficient (Wildman–Crippen LogP) is 5.82. The van der Waals surface area contributed by atoms with E-state index in [0.717, 1.165) is 16.8 Å². The van der Waals surface area contributed by atoms with Gasteiger partial charge in [-0.05, 0) is 52.7 Å². The quantitative estimate of drug-likeness (QED) is 0.725. The fourth-order valence-corrected chi connectivity index (χ4v) is 2.60. The third-order valence-electron chi connectivity index (χ3n) is 2.78. The van der Waals surface area contributed by atoms with Crippen molar-refractivity contribution in [2.24, 2.45) is 0 Å². The van der Waals surface area contributed by atoms with Gasteiger partial charge in [-0.3, -0.25) is 0 Å².